The molecular formula is C21H22FN3O2S. The minimum atomic E-state index is -0.361. The molecule has 1 fully saturated rings. The van der Waals surface area contributed by atoms with E-state index in [0.717, 1.165) is 44.0 Å². The number of anilines is 1. The molecule has 1 aromatic heterocycles. The lowest BCUT2D eigenvalue weighted by atomic mass is 10.2. The van der Waals surface area contributed by atoms with Gasteiger partial charge >= 0.3 is 0 Å². The van der Waals surface area contributed by atoms with Crippen molar-refractivity contribution in [3.8, 4) is 0 Å². The summed E-state index contributed by atoms with van der Waals surface area (Å²) in [5.41, 5.74) is 0.926. The average molecular weight is 399 g/mol. The largest absolute Gasteiger partial charge is 0.379 e. The van der Waals surface area contributed by atoms with Gasteiger partial charge in [-0.25, -0.2) is 9.37 Å². The molecule has 1 amide bonds. The monoisotopic (exact) mass is 399 g/mol. The number of halogens is 1. The first-order valence-corrected chi connectivity index (χ1v) is 10.3. The summed E-state index contributed by atoms with van der Waals surface area (Å²) in [6.45, 7) is 4.76. The molecule has 0 bridgehead atoms. The van der Waals surface area contributed by atoms with E-state index in [2.05, 4.69) is 9.88 Å². The molecule has 28 heavy (non-hydrogen) atoms. The van der Waals surface area contributed by atoms with Crippen LogP contribution in [0.15, 0.2) is 48.5 Å². The van der Waals surface area contributed by atoms with Gasteiger partial charge in [-0.15, -0.1) is 0 Å². The molecule has 4 rings (SSSR count). The van der Waals surface area contributed by atoms with E-state index >= 15 is 0 Å². The van der Waals surface area contributed by atoms with Crippen molar-refractivity contribution in [3.05, 3.63) is 59.9 Å². The number of carbonyl (C=O) groups excluding carboxylic acids is 1. The SMILES string of the molecule is O=C(c1ccccc1)N(CCCN1CCOCC1)c1nc2c(F)cccc2s1. The van der Waals surface area contributed by atoms with Crippen molar-refractivity contribution in [3.63, 3.8) is 0 Å². The number of aromatic nitrogens is 1. The first kappa shape index (κ1) is 19.0. The highest BCUT2D eigenvalue weighted by Crippen LogP contribution is 2.31. The number of nitrogens with zero attached hydrogens (tertiary/aromatic N) is 3. The number of rotatable bonds is 6. The Balaban J connectivity index is 1.56. The smallest absolute Gasteiger partial charge is 0.260 e. The second kappa shape index (κ2) is 8.77. The van der Waals surface area contributed by atoms with Crippen LogP contribution in [-0.2, 0) is 4.74 Å². The van der Waals surface area contributed by atoms with Gasteiger partial charge in [0, 0.05) is 31.7 Å². The lowest BCUT2D eigenvalue weighted by Gasteiger charge is -2.27. The number of carbonyl (C=O) groups is 1. The number of morpholine rings is 1. The molecule has 2 aromatic carbocycles. The lowest BCUT2D eigenvalue weighted by Crippen LogP contribution is -2.39. The quantitative estimate of drug-likeness (QED) is 0.632. The third-order valence-electron chi connectivity index (χ3n) is 4.82. The molecule has 0 N–H and O–H groups in total. The van der Waals surface area contributed by atoms with Gasteiger partial charge in [0.05, 0.1) is 17.9 Å². The van der Waals surface area contributed by atoms with Gasteiger partial charge < -0.3 is 4.74 Å². The Morgan fingerprint density at radius 3 is 2.68 bits per heavy atom. The van der Waals surface area contributed by atoms with Crippen LogP contribution >= 0.6 is 11.3 Å². The number of fused-ring (bicyclic) bond motifs is 1. The minimum absolute atomic E-state index is 0.109. The predicted octanol–water partition coefficient (Wildman–Crippen LogP) is 3.80. The van der Waals surface area contributed by atoms with Gasteiger partial charge in [0.15, 0.2) is 5.13 Å². The zero-order chi connectivity index (χ0) is 19.3. The van der Waals surface area contributed by atoms with Crippen LogP contribution in [0.4, 0.5) is 9.52 Å². The number of hydrogen-bond acceptors (Lipinski definition) is 5. The Kier molecular flexibility index (Phi) is 5.95. The molecule has 5 nitrogen and oxygen atoms in total. The summed E-state index contributed by atoms with van der Waals surface area (Å²) in [5.74, 6) is -0.470. The van der Waals surface area contributed by atoms with E-state index in [0.29, 0.717) is 22.8 Å². The molecule has 1 aliphatic rings. The Hall–Kier alpha value is -2.35. The Morgan fingerprint density at radius 1 is 1.14 bits per heavy atom. The van der Waals surface area contributed by atoms with Crippen LogP contribution in [0.5, 0.6) is 0 Å². The molecule has 1 saturated heterocycles. The minimum Gasteiger partial charge on any atom is -0.379 e. The zero-order valence-corrected chi connectivity index (χ0v) is 16.3. The molecular weight excluding hydrogens is 377 g/mol. The number of thiazole rings is 1. The van der Waals surface area contributed by atoms with Gasteiger partial charge in [-0.05, 0) is 30.7 Å². The molecule has 1 aliphatic heterocycles. The third-order valence-corrected chi connectivity index (χ3v) is 5.86. The van der Waals surface area contributed by atoms with Crippen LogP contribution in [0.1, 0.15) is 16.8 Å². The topological polar surface area (TPSA) is 45.7 Å². The summed E-state index contributed by atoms with van der Waals surface area (Å²) < 4.78 is 20.2. The summed E-state index contributed by atoms with van der Waals surface area (Å²) in [5, 5.41) is 0.538. The van der Waals surface area contributed by atoms with E-state index in [9.17, 15) is 9.18 Å². The fraction of sp³-hybridized carbons (Fsp3) is 0.333. The van der Waals surface area contributed by atoms with E-state index in [1.54, 1.807) is 23.1 Å². The maximum absolute atomic E-state index is 14.1. The van der Waals surface area contributed by atoms with Crippen LogP contribution in [0.2, 0.25) is 0 Å². The highest BCUT2D eigenvalue weighted by Gasteiger charge is 2.22. The van der Waals surface area contributed by atoms with Crippen LogP contribution in [-0.4, -0.2) is 55.2 Å². The highest BCUT2D eigenvalue weighted by atomic mass is 32.1. The first-order chi connectivity index (χ1) is 13.7. The number of amides is 1. The van der Waals surface area contributed by atoms with E-state index in [1.165, 1.54) is 17.4 Å². The molecule has 3 aromatic rings. The zero-order valence-electron chi connectivity index (χ0n) is 15.5. The van der Waals surface area contributed by atoms with Gasteiger partial charge in [-0.3, -0.25) is 14.6 Å². The molecule has 0 spiro atoms. The Morgan fingerprint density at radius 2 is 1.93 bits per heavy atom. The highest BCUT2D eigenvalue weighted by molar-refractivity contribution is 7.22. The maximum Gasteiger partial charge on any atom is 0.260 e. The van der Waals surface area contributed by atoms with E-state index < -0.39 is 0 Å². The fourth-order valence-electron chi connectivity index (χ4n) is 3.32. The Bertz CT molecular complexity index is 941. The summed E-state index contributed by atoms with van der Waals surface area (Å²) >= 11 is 1.35. The van der Waals surface area contributed by atoms with Crippen molar-refractivity contribution in [1.82, 2.24) is 9.88 Å². The fourth-order valence-corrected chi connectivity index (χ4v) is 4.32. The molecule has 7 heteroatoms. The second-order valence-corrected chi connectivity index (χ2v) is 7.72. The van der Waals surface area contributed by atoms with Crippen LogP contribution in [0.3, 0.4) is 0 Å². The van der Waals surface area contributed by atoms with E-state index in [1.807, 2.05) is 24.3 Å². The van der Waals surface area contributed by atoms with Crippen molar-refractivity contribution in [1.29, 1.82) is 0 Å². The molecule has 0 radical (unpaired) electrons. The number of hydrogen-bond donors (Lipinski definition) is 0. The standard InChI is InChI=1S/C21H22FN3O2S/c22-17-8-4-9-18-19(17)23-21(28-18)25(20(26)16-6-2-1-3-7-16)11-5-10-24-12-14-27-15-13-24/h1-4,6-9H,5,10-15H2. The normalized spacial score (nSPS) is 15.0. The van der Waals surface area contributed by atoms with Gasteiger partial charge in [-0.1, -0.05) is 35.6 Å². The summed E-state index contributed by atoms with van der Waals surface area (Å²) in [6, 6.07) is 14.1. The van der Waals surface area contributed by atoms with Crippen LogP contribution in [0.25, 0.3) is 10.2 Å². The van der Waals surface area contributed by atoms with Crippen LogP contribution in [0, 0.1) is 5.82 Å². The van der Waals surface area contributed by atoms with Gasteiger partial charge in [0.25, 0.3) is 5.91 Å². The van der Waals surface area contributed by atoms with Crippen LogP contribution < -0.4 is 4.90 Å². The van der Waals surface area contributed by atoms with Crippen molar-refractivity contribution >= 4 is 32.6 Å². The number of benzene rings is 2. The molecule has 0 unspecified atom stereocenters. The van der Waals surface area contributed by atoms with Gasteiger partial charge in [0.1, 0.15) is 11.3 Å². The summed E-state index contributed by atoms with van der Waals surface area (Å²) in [4.78, 5) is 21.6. The Labute approximate surface area is 167 Å². The predicted molar refractivity (Wildman–Crippen MR) is 110 cm³/mol. The number of para-hydroxylation sites is 1. The van der Waals surface area contributed by atoms with Crippen molar-refractivity contribution in [2.45, 2.75) is 6.42 Å². The lowest BCUT2D eigenvalue weighted by molar-refractivity contribution is 0.0376. The van der Waals surface area contributed by atoms with Crippen molar-refractivity contribution in [2.24, 2.45) is 0 Å². The second-order valence-electron chi connectivity index (χ2n) is 6.71. The summed E-state index contributed by atoms with van der Waals surface area (Å²) in [6.07, 6.45) is 0.816. The van der Waals surface area contributed by atoms with Gasteiger partial charge in [-0.2, -0.15) is 0 Å². The molecule has 146 valence electrons. The maximum atomic E-state index is 14.1. The van der Waals surface area contributed by atoms with Gasteiger partial charge in [0.2, 0.25) is 0 Å². The molecule has 2 heterocycles. The third kappa shape index (κ3) is 4.22. The van der Waals surface area contributed by atoms with E-state index in [-0.39, 0.29) is 11.7 Å². The average Bonchev–Trinajstić information content (AvgIpc) is 3.17. The molecule has 0 atom stereocenters. The first-order valence-electron chi connectivity index (χ1n) is 9.44. The number of ether oxygens (including phenoxy) is 1. The van der Waals surface area contributed by atoms with E-state index in [4.69, 9.17) is 4.74 Å². The van der Waals surface area contributed by atoms with Crippen molar-refractivity contribution < 1.29 is 13.9 Å². The summed E-state index contributed by atoms with van der Waals surface area (Å²) in [7, 11) is 0. The molecule has 0 saturated carbocycles. The van der Waals surface area contributed by atoms with Crippen molar-refractivity contribution in [2.75, 3.05) is 44.3 Å². The molecule has 0 aliphatic carbocycles.